The van der Waals surface area contributed by atoms with Gasteiger partial charge in [0.2, 0.25) is 5.82 Å². The van der Waals surface area contributed by atoms with Crippen molar-refractivity contribution in [3.8, 4) is 0 Å². The number of aliphatic hydroxyl groups is 1. The second kappa shape index (κ2) is 9.29. The molecule has 4 rings (SSSR count). The number of nitrogens with zero attached hydrogens (tertiary/aromatic N) is 6. The Kier molecular flexibility index (Phi) is 6.47. The zero-order chi connectivity index (χ0) is 22.7. The minimum Gasteiger partial charge on any atom is -0.388 e. The first-order valence-electron chi connectivity index (χ1n) is 10.9. The molecule has 1 unspecified atom stereocenters. The molecule has 1 atom stereocenters. The predicted octanol–water partition coefficient (Wildman–Crippen LogP) is 0.330. The third kappa shape index (κ3) is 4.35. The number of hydrogen-bond acceptors (Lipinski definition) is 8. The van der Waals surface area contributed by atoms with Crippen molar-refractivity contribution in [3.63, 3.8) is 0 Å². The number of carbonyl (C=O) groups is 2. The molecule has 1 spiro atoms. The molecule has 172 valence electrons. The van der Waals surface area contributed by atoms with E-state index >= 15 is 0 Å². The summed E-state index contributed by atoms with van der Waals surface area (Å²) in [5.41, 5.74) is 0.918. The van der Waals surface area contributed by atoms with Crippen LogP contribution in [0.25, 0.3) is 0 Å². The zero-order valence-electron chi connectivity index (χ0n) is 18.5. The van der Waals surface area contributed by atoms with Crippen molar-refractivity contribution >= 4 is 11.8 Å². The summed E-state index contributed by atoms with van der Waals surface area (Å²) in [7, 11) is 0. The van der Waals surface area contributed by atoms with Gasteiger partial charge in [0.05, 0.1) is 11.3 Å². The summed E-state index contributed by atoms with van der Waals surface area (Å²) in [5, 5.41) is 19.9. The molecule has 32 heavy (non-hydrogen) atoms. The van der Waals surface area contributed by atoms with Crippen LogP contribution in [-0.2, 0) is 17.9 Å². The molecule has 11 nitrogen and oxygen atoms in total. The van der Waals surface area contributed by atoms with Gasteiger partial charge in [0.15, 0.2) is 5.82 Å². The van der Waals surface area contributed by atoms with E-state index in [1.165, 1.54) is 12.5 Å². The predicted molar refractivity (Wildman–Crippen MR) is 113 cm³/mol. The van der Waals surface area contributed by atoms with Gasteiger partial charge in [-0.3, -0.25) is 9.59 Å². The van der Waals surface area contributed by atoms with E-state index in [0.29, 0.717) is 44.1 Å². The monoisotopic (exact) mass is 443 g/mol. The van der Waals surface area contributed by atoms with Crippen molar-refractivity contribution in [3.05, 3.63) is 35.4 Å². The average molecular weight is 444 g/mol. The lowest BCUT2D eigenvalue weighted by atomic mass is 9.78. The molecule has 2 aliphatic rings. The second-order valence-electron chi connectivity index (χ2n) is 8.50. The number of likely N-dealkylation sites (tertiary alicyclic amines) is 1. The Bertz CT molecular complexity index is 986. The van der Waals surface area contributed by atoms with Crippen LogP contribution < -0.4 is 5.32 Å². The summed E-state index contributed by atoms with van der Waals surface area (Å²) in [6.07, 6.45) is 5.55. The van der Waals surface area contributed by atoms with Crippen LogP contribution in [0, 0.1) is 12.3 Å². The van der Waals surface area contributed by atoms with Gasteiger partial charge in [0.25, 0.3) is 11.8 Å². The number of nitrogens with one attached hydrogen (secondary N) is 1. The van der Waals surface area contributed by atoms with Gasteiger partial charge in [-0.05, 0) is 38.5 Å². The largest absolute Gasteiger partial charge is 0.388 e. The Morgan fingerprint density at radius 3 is 2.81 bits per heavy atom. The van der Waals surface area contributed by atoms with Crippen molar-refractivity contribution in [1.29, 1.82) is 0 Å². The van der Waals surface area contributed by atoms with E-state index in [4.69, 9.17) is 4.74 Å². The third-order valence-corrected chi connectivity index (χ3v) is 6.49. The van der Waals surface area contributed by atoms with Crippen LogP contribution in [0.5, 0.6) is 0 Å². The molecule has 2 amide bonds. The number of aromatic nitrogens is 5. The van der Waals surface area contributed by atoms with Gasteiger partial charge in [0, 0.05) is 45.1 Å². The number of aliphatic hydroxyl groups excluding tert-OH is 1. The molecule has 2 aliphatic heterocycles. The van der Waals surface area contributed by atoms with E-state index in [1.54, 1.807) is 11.5 Å². The van der Waals surface area contributed by atoms with Crippen molar-refractivity contribution in [2.24, 2.45) is 5.41 Å². The summed E-state index contributed by atoms with van der Waals surface area (Å²) in [4.78, 5) is 36.3. The zero-order valence-corrected chi connectivity index (χ0v) is 18.5. The first-order chi connectivity index (χ1) is 15.5. The molecule has 2 fully saturated rings. The number of rotatable bonds is 6. The molecule has 4 heterocycles. The highest BCUT2D eigenvalue weighted by Crippen LogP contribution is 2.43. The highest BCUT2D eigenvalue weighted by Gasteiger charge is 2.47. The Labute approximate surface area is 186 Å². The van der Waals surface area contributed by atoms with E-state index in [1.807, 2.05) is 11.8 Å². The molecule has 2 saturated heterocycles. The third-order valence-electron chi connectivity index (χ3n) is 6.49. The van der Waals surface area contributed by atoms with Crippen LogP contribution in [0.1, 0.15) is 58.7 Å². The van der Waals surface area contributed by atoms with Crippen LogP contribution in [-0.4, -0.2) is 78.9 Å². The highest BCUT2D eigenvalue weighted by atomic mass is 16.5. The Hall–Kier alpha value is -2.92. The van der Waals surface area contributed by atoms with E-state index in [2.05, 4.69) is 25.5 Å². The smallest absolute Gasteiger partial charge is 0.289 e. The van der Waals surface area contributed by atoms with E-state index < -0.39 is 0 Å². The fourth-order valence-electron chi connectivity index (χ4n) is 4.66. The second-order valence-corrected chi connectivity index (χ2v) is 8.50. The fourth-order valence-corrected chi connectivity index (χ4v) is 4.66. The molecule has 0 radical (unpaired) electrons. The summed E-state index contributed by atoms with van der Waals surface area (Å²) in [6.45, 7) is 6.24. The molecular weight excluding hydrogens is 414 g/mol. The maximum Gasteiger partial charge on any atom is 0.289 e. The average Bonchev–Trinajstić information content (AvgIpc) is 3.42. The maximum atomic E-state index is 13.5. The molecule has 0 saturated carbocycles. The molecule has 0 aromatic carbocycles. The quantitative estimate of drug-likeness (QED) is 0.652. The van der Waals surface area contributed by atoms with Gasteiger partial charge in [0.1, 0.15) is 12.9 Å². The highest BCUT2D eigenvalue weighted by molar-refractivity contribution is 5.95. The minimum atomic E-state index is -0.309. The Morgan fingerprint density at radius 2 is 2.12 bits per heavy atom. The van der Waals surface area contributed by atoms with Crippen LogP contribution in [0.3, 0.4) is 0 Å². The summed E-state index contributed by atoms with van der Waals surface area (Å²) in [6, 6.07) is -0.167. The lowest BCUT2D eigenvalue weighted by molar-refractivity contribution is 0.0190. The summed E-state index contributed by atoms with van der Waals surface area (Å²) >= 11 is 0. The first kappa shape index (κ1) is 22.3. The molecule has 2 N–H and O–H groups in total. The van der Waals surface area contributed by atoms with Crippen molar-refractivity contribution in [1.82, 2.24) is 34.9 Å². The molecule has 11 heteroatoms. The van der Waals surface area contributed by atoms with Gasteiger partial charge < -0.3 is 24.6 Å². The van der Waals surface area contributed by atoms with Crippen LogP contribution >= 0.6 is 0 Å². The molecule has 0 bridgehead atoms. The lowest BCUT2D eigenvalue weighted by Gasteiger charge is -2.33. The number of carbonyl (C=O) groups excluding carboxylic acids is 2. The number of hydrogen-bond donors (Lipinski definition) is 2. The minimum absolute atomic E-state index is 0.0213. The Morgan fingerprint density at radius 1 is 1.34 bits per heavy atom. The summed E-state index contributed by atoms with van der Waals surface area (Å²) in [5.74, 6) is 0.0704. The summed E-state index contributed by atoms with van der Waals surface area (Å²) < 4.78 is 7.23. The van der Waals surface area contributed by atoms with Crippen molar-refractivity contribution in [2.75, 3.05) is 26.3 Å². The van der Waals surface area contributed by atoms with Gasteiger partial charge in [-0.25, -0.2) is 9.97 Å². The van der Waals surface area contributed by atoms with Gasteiger partial charge >= 0.3 is 0 Å². The van der Waals surface area contributed by atoms with Gasteiger partial charge in [-0.2, -0.15) is 0 Å². The molecular formula is C21H29N7O4. The van der Waals surface area contributed by atoms with Gasteiger partial charge in [-0.1, -0.05) is 0 Å². The molecule has 0 aliphatic carbocycles. The SMILES string of the molecule is CCn1cnnc1C(=O)NCC1CC2(CCOCC2)CN1C(=O)c1cnc(CO)nc1C. The van der Waals surface area contributed by atoms with Gasteiger partial charge in [-0.15, -0.1) is 10.2 Å². The number of ether oxygens (including phenoxy) is 1. The van der Waals surface area contributed by atoms with E-state index in [9.17, 15) is 14.7 Å². The van der Waals surface area contributed by atoms with Crippen molar-refractivity contribution < 1.29 is 19.4 Å². The van der Waals surface area contributed by atoms with Crippen molar-refractivity contribution in [2.45, 2.75) is 52.3 Å². The molecule has 2 aromatic rings. The maximum absolute atomic E-state index is 13.5. The molecule has 2 aromatic heterocycles. The number of amides is 2. The topological polar surface area (TPSA) is 135 Å². The van der Waals surface area contributed by atoms with E-state index in [-0.39, 0.29) is 41.5 Å². The standard InChI is InChI=1S/C21H29N7O4/c1-3-27-13-24-26-18(27)19(30)23-9-15-8-21(4-6-32-7-5-21)12-28(15)20(31)16-10-22-17(11-29)25-14(16)2/h10,13,15,29H,3-9,11-12H2,1-2H3,(H,23,30). The van der Waals surface area contributed by atoms with Crippen LogP contribution in [0.15, 0.2) is 12.5 Å². The lowest BCUT2D eigenvalue weighted by Crippen LogP contribution is -2.44. The first-order valence-corrected chi connectivity index (χ1v) is 10.9. The number of aryl methyl sites for hydroxylation is 2. The normalized spacial score (nSPS) is 20.0. The Balaban J connectivity index is 1.54. The van der Waals surface area contributed by atoms with E-state index in [0.717, 1.165) is 19.3 Å². The van der Waals surface area contributed by atoms with Crippen LogP contribution in [0.4, 0.5) is 0 Å². The fraction of sp³-hybridized carbons (Fsp3) is 0.619. The van der Waals surface area contributed by atoms with Crippen LogP contribution in [0.2, 0.25) is 0 Å².